The molecule has 2 aromatic carbocycles. The number of fused-ring (bicyclic) bond motifs is 3. The first-order valence-electron chi connectivity index (χ1n) is 9.33. The zero-order chi connectivity index (χ0) is 18.1. The Kier molecular flexibility index (Phi) is 4.51. The molecule has 26 heavy (non-hydrogen) atoms. The lowest BCUT2D eigenvalue weighted by Crippen LogP contribution is -2.39. The van der Waals surface area contributed by atoms with Crippen LogP contribution in [0.3, 0.4) is 0 Å². The highest BCUT2D eigenvalue weighted by atomic mass is 16.3. The monoisotopic (exact) mass is 348 g/mol. The summed E-state index contributed by atoms with van der Waals surface area (Å²) in [6, 6.07) is 14.8. The molecule has 1 amide bonds. The summed E-state index contributed by atoms with van der Waals surface area (Å²) >= 11 is 0. The standard InChI is InChI=1S/C22H24N2O2/c1-2-24-20-6-4-3-5-18(20)19-15-16(7-9-21(19)24)8-10-22(26)23-13-11-17(25)12-14-23/h3-10,15,17,25H,2,11-14H2,1H3. The van der Waals surface area contributed by atoms with Crippen molar-refractivity contribution < 1.29 is 9.90 Å². The van der Waals surface area contributed by atoms with Gasteiger partial charge in [0.2, 0.25) is 5.91 Å². The predicted octanol–water partition coefficient (Wildman–Crippen LogP) is 3.81. The van der Waals surface area contributed by atoms with Gasteiger partial charge in [0.25, 0.3) is 0 Å². The minimum Gasteiger partial charge on any atom is -0.393 e. The van der Waals surface area contributed by atoms with Crippen LogP contribution in [0.5, 0.6) is 0 Å². The maximum absolute atomic E-state index is 12.4. The van der Waals surface area contributed by atoms with Gasteiger partial charge in [0, 0.05) is 47.5 Å². The van der Waals surface area contributed by atoms with E-state index in [1.165, 1.54) is 21.8 Å². The van der Waals surface area contributed by atoms with Gasteiger partial charge in [0.1, 0.15) is 0 Å². The smallest absolute Gasteiger partial charge is 0.246 e. The van der Waals surface area contributed by atoms with Crippen molar-refractivity contribution in [3.8, 4) is 0 Å². The average Bonchev–Trinajstić information content (AvgIpc) is 2.99. The Morgan fingerprint density at radius 2 is 1.85 bits per heavy atom. The van der Waals surface area contributed by atoms with Crippen LogP contribution in [0, 0.1) is 0 Å². The van der Waals surface area contributed by atoms with E-state index in [0.717, 1.165) is 12.1 Å². The third kappa shape index (κ3) is 3.01. The first-order chi connectivity index (χ1) is 12.7. The largest absolute Gasteiger partial charge is 0.393 e. The Morgan fingerprint density at radius 1 is 1.12 bits per heavy atom. The number of rotatable bonds is 3. The molecule has 3 aromatic rings. The molecule has 1 N–H and O–H groups in total. The van der Waals surface area contributed by atoms with E-state index in [-0.39, 0.29) is 12.0 Å². The summed E-state index contributed by atoms with van der Waals surface area (Å²) in [7, 11) is 0. The predicted molar refractivity (Wildman–Crippen MR) is 106 cm³/mol. The van der Waals surface area contributed by atoms with Crippen LogP contribution in [-0.2, 0) is 11.3 Å². The molecule has 0 bridgehead atoms. The van der Waals surface area contributed by atoms with Crippen LogP contribution in [0.15, 0.2) is 48.5 Å². The van der Waals surface area contributed by atoms with E-state index < -0.39 is 0 Å². The molecule has 4 heteroatoms. The van der Waals surface area contributed by atoms with Crippen LogP contribution in [0.1, 0.15) is 25.3 Å². The number of hydrogen-bond acceptors (Lipinski definition) is 2. The van der Waals surface area contributed by atoms with Gasteiger partial charge in [0.05, 0.1) is 6.10 Å². The molecule has 0 atom stereocenters. The molecule has 0 unspecified atom stereocenters. The fourth-order valence-electron chi connectivity index (χ4n) is 3.87. The van der Waals surface area contributed by atoms with Crippen molar-refractivity contribution in [2.24, 2.45) is 0 Å². The molecule has 134 valence electrons. The van der Waals surface area contributed by atoms with Crippen LogP contribution < -0.4 is 0 Å². The quantitative estimate of drug-likeness (QED) is 0.732. The number of likely N-dealkylation sites (tertiary alicyclic amines) is 1. The molecule has 1 aliphatic rings. The number of aromatic nitrogens is 1. The minimum atomic E-state index is -0.263. The summed E-state index contributed by atoms with van der Waals surface area (Å²) in [4.78, 5) is 14.2. The number of para-hydroxylation sites is 1. The summed E-state index contributed by atoms with van der Waals surface area (Å²) in [6.45, 7) is 4.35. The molecule has 0 saturated carbocycles. The molecule has 0 aliphatic carbocycles. The molecule has 1 fully saturated rings. The van der Waals surface area contributed by atoms with E-state index in [2.05, 4.69) is 54.0 Å². The van der Waals surface area contributed by atoms with Gasteiger partial charge in [0.15, 0.2) is 0 Å². The Morgan fingerprint density at radius 3 is 2.62 bits per heavy atom. The fourth-order valence-corrected chi connectivity index (χ4v) is 3.87. The van der Waals surface area contributed by atoms with E-state index in [1.54, 1.807) is 6.08 Å². The van der Waals surface area contributed by atoms with Crippen molar-refractivity contribution in [3.63, 3.8) is 0 Å². The maximum Gasteiger partial charge on any atom is 0.246 e. The van der Waals surface area contributed by atoms with Crippen LogP contribution >= 0.6 is 0 Å². The first kappa shape index (κ1) is 16.9. The van der Waals surface area contributed by atoms with Crippen LogP contribution in [0.4, 0.5) is 0 Å². The Balaban J connectivity index is 1.63. The third-order valence-corrected chi connectivity index (χ3v) is 5.31. The lowest BCUT2D eigenvalue weighted by molar-refractivity contribution is -0.127. The zero-order valence-electron chi connectivity index (χ0n) is 15.1. The number of carbonyl (C=O) groups is 1. The fraction of sp³-hybridized carbons (Fsp3) is 0.318. The summed E-state index contributed by atoms with van der Waals surface area (Å²) < 4.78 is 2.32. The molecular formula is C22H24N2O2. The Hall–Kier alpha value is -2.59. The number of aliphatic hydroxyl groups is 1. The van der Waals surface area contributed by atoms with Gasteiger partial charge in [-0.2, -0.15) is 0 Å². The zero-order valence-corrected chi connectivity index (χ0v) is 15.1. The SMILES string of the molecule is CCn1c2ccccc2c2cc(C=CC(=O)N3CCC(O)CC3)ccc21. The van der Waals surface area contributed by atoms with E-state index in [0.29, 0.717) is 25.9 Å². The van der Waals surface area contributed by atoms with Gasteiger partial charge < -0.3 is 14.6 Å². The number of aliphatic hydroxyl groups excluding tert-OH is 1. The van der Waals surface area contributed by atoms with Gasteiger partial charge in [-0.15, -0.1) is 0 Å². The van der Waals surface area contributed by atoms with Crippen molar-refractivity contribution >= 4 is 33.8 Å². The summed E-state index contributed by atoms with van der Waals surface area (Å²) in [5.74, 6) is 0.0213. The van der Waals surface area contributed by atoms with Gasteiger partial charge in [-0.25, -0.2) is 0 Å². The minimum absolute atomic E-state index is 0.0213. The van der Waals surface area contributed by atoms with Crippen molar-refractivity contribution in [1.29, 1.82) is 0 Å². The molecule has 1 aliphatic heterocycles. The van der Waals surface area contributed by atoms with Gasteiger partial charge >= 0.3 is 0 Å². The van der Waals surface area contributed by atoms with E-state index in [9.17, 15) is 9.90 Å². The Bertz CT molecular complexity index is 978. The molecule has 4 nitrogen and oxygen atoms in total. The molecular weight excluding hydrogens is 324 g/mol. The second-order valence-corrected chi connectivity index (χ2v) is 6.93. The lowest BCUT2D eigenvalue weighted by Gasteiger charge is -2.28. The Labute approximate surface area is 153 Å². The molecule has 4 rings (SSSR count). The number of amides is 1. The summed E-state index contributed by atoms with van der Waals surface area (Å²) in [5, 5.41) is 12.0. The molecule has 1 aromatic heterocycles. The number of carbonyl (C=O) groups excluding carboxylic acids is 1. The van der Waals surface area contributed by atoms with Crippen molar-refractivity contribution in [1.82, 2.24) is 9.47 Å². The van der Waals surface area contributed by atoms with Crippen molar-refractivity contribution in [3.05, 3.63) is 54.1 Å². The van der Waals surface area contributed by atoms with Gasteiger partial charge in [-0.3, -0.25) is 4.79 Å². The number of piperidine rings is 1. The lowest BCUT2D eigenvalue weighted by atomic mass is 10.1. The van der Waals surface area contributed by atoms with Crippen molar-refractivity contribution in [2.45, 2.75) is 32.4 Å². The highest BCUT2D eigenvalue weighted by Crippen LogP contribution is 2.30. The number of benzene rings is 2. The van der Waals surface area contributed by atoms with Crippen LogP contribution in [0.25, 0.3) is 27.9 Å². The second-order valence-electron chi connectivity index (χ2n) is 6.93. The number of nitrogens with zero attached hydrogens (tertiary/aromatic N) is 2. The average molecular weight is 348 g/mol. The highest BCUT2D eigenvalue weighted by molar-refractivity contribution is 6.08. The van der Waals surface area contributed by atoms with Gasteiger partial charge in [-0.05, 0) is 49.6 Å². The van der Waals surface area contributed by atoms with Gasteiger partial charge in [-0.1, -0.05) is 24.3 Å². The molecule has 1 saturated heterocycles. The first-order valence-corrected chi connectivity index (χ1v) is 9.33. The van der Waals surface area contributed by atoms with E-state index in [4.69, 9.17) is 0 Å². The van der Waals surface area contributed by atoms with Crippen LogP contribution in [0.2, 0.25) is 0 Å². The maximum atomic E-state index is 12.4. The normalized spacial score (nSPS) is 16.2. The second kappa shape index (κ2) is 6.96. The van der Waals surface area contributed by atoms with Crippen molar-refractivity contribution in [2.75, 3.05) is 13.1 Å². The number of hydrogen-bond donors (Lipinski definition) is 1. The highest BCUT2D eigenvalue weighted by Gasteiger charge is 2.19. The topological polar surface area (TPSA) is 45.5 Å². The number of aryl methyl sites for hydroxylation is 1. The molecule has 0 spiro atoms. The summed E-state index contributed by atoms with van der Waals surface area (Å²) in [5.41, 5.74) is 3.50. The van der Waals surface area contributed by atoms with E-state index >= 15 is 0 Å². The third-order valence-electron chi connectivity index (χ3n) is 5.31. The molecule has 0 radical (unpaired) electrons. The van der Waals surface area contributed by atoms with E-state index in [1.807, 2.05) is 11.0 Å². The summed E-state index contributed by atoms with van der Waals surface area (Å²) in [6.07, 6.45) is 4.62. The molecule has 2 heterocycles. The van der Waals surface area contributed by atoms with Crippen LogP contribution in [-0.4, -0.2) is 39.7 Å².